The van der Waals surface area contributed by atoms with Gasteiger partial charge in [0.25, 0.3) is 0 Å². The first kappa shape index (κ1) is 22.2. The first-order chi connectivity index (χ1) is 11.5. The molecule has 0 aromatic heterocycles. The lowest BCUT2D eigenvalue weighted by molar-refractivity contribution is 0.380. The molecule has 0 amide bonds. The van der Waals surface area contributed by atoms with E-state index >= 15 is 0 Å². The number of rotatable bonds is 5. The molecular formula is C18H30IN3O2S. The molecule has 2 rings (SSSR count). The van der Waals surface area contributed by atoms with Gasteiger partial charge in [0.2, 0.25) is 0 Å². The van der Waals surface area contributed by atoms with Crippen LogP contribution >= 0.6 is 35.7 Å². The van der Waals surface area contributed by atoms with Crippen molar-refractivity contribution in [2.24, 2.45) is 10.9 Å². The Labute approximate surface area is 172 Å². The molecular weight excluding hydrogens is 449 g/mol. The van der Waals surface area contributed by atoms with Crippen molar-refractivity contribution in [2.75, 3.05) is 32.5 Å². The molecule has 1 aliphatic rings. The van der Waals surface area contributed by atoms with Gasteiger partial charge in [-0.25, -0.2) is 4.99 Å². The summed E-state index contributed by atoms with van der Waals surface area (Å²) in [5.74, 6) is 3.69. The fourth-order valence-electron chi connectivity index (χ4n) is 2.67. The Hall–Kier alpha value is -0.830. The van der Waals surface area contributed by atoms with Crippen LogP contribution in [0.3, 0.4) is 0 Å². The third-order valence-corrected chi connectivity index (χ3v) is 5.70. The molecule has 1 atom stereocenters. The average molecular weight is 479 g/mol. The van der Waals surface area contributed by atoms with Crippen LogP contribution in [0.4, 0.5) is 0 Å². The van der Waals surface area contributed by atoms with Gasteiger partial charge in [0.05, 0.1) is 13.7 Å². The number of ether oxygens (including phenoxy) is 1. The molecule has 142 valence electrons. The Morgan fingerprint density at radius 2 is 2.24 bits per heavy atom. The fourth-order valence-corrected chi connectivity index (χ4v) is 3.97. The third kappa shape index (κ3) is 6.44. The molecule has 0 aliphatic carbocycles. The van der Waals surface area contributed by atoms with Crippen molar-refractivity contribution in [3.8, 4) is 11.5 Å². The van der Waals surface area contributed by atoms with E-state index in [1.807, 2.05) is 6.07 Å². The van der Waals surface area contributed by atoms with E-state index in [1.165, 1.54) is 0 Å². The molecule has 1 saturated heterocycles. The summed E-state index contributed by atoms with van der Waals surface area (Å²) in [4.78, 5) is 7.08. The van der Waals surface area contributed by atoms with Crippen molar-refractivity contribution < 1.29 is 9.84 Å². The molecule has 1 aliphatic heterocycles. The number of halogens is 1. The van der Waals surface area contributed by atoms with Crippen LogP contribution in [0.5, 0.6) is 11.5 Å². The molecule has 0 saturated carbocycles. The maximum absolute atomic E-state index is 10.0. The third-order valence-electron chi connectivity index (χ3n) is 4.16. The van der Waals surface area contributed by atoms with Crippen LogP contribution in [0.2, 0.25) is 0 Å². The van der Waals surface area contributed by atoms with Crippen molar-refractivity contribution in [3.05, 3.63) is 23.8 Å². The van der Waals surface area contributed by atoms with Gasteiger partial charge in [0.15, 0.2) is 5.96 Å². The van der Waals surface area contributed by atoms with Gasteiger partial charge in [-0.1, -0.05) is 13.8 Å². The number of methoxy groups -OCH3 is 1. The van der Waals surface area contributed by atoms with Crippen LogP contribution in [0, 0.1) is 5.92 Å². The Balaban J connectivity index is 0.00000312. The zero-order chi connectivity index (χ0) is 17.5. The standard InChI is InChI=1S/C18H29N3O2S.HI/c1-5-19-18(21-8-9-24-17(12-21)13(2)3)20-11-14-10-15(23-4)6-7-16(14)22;/h6-7,10,13,17,22H,5,8-9,11-12H2,1-4H3,(H,19,20);1H. The zero-order valence-corrected chi connectivity index (χ0v) is 18.6. The van der Waals surface area contributed by atoms with Crippen LogP contribution in [0.1, 0.15) is 26.3 Å². The number of aromatic hydroxyl groups is 1. The van der Waals surface area contributed by atoms with Crippen LogP contribution < -0.4 is 10.1 Å². The SMILES string of the molecule is CCNC(=NCc1cc(OC)ccc1O)N1CCSC(C(C)C)C1.I. The van der Waals surface area contributed by atoms with Crippen molar-refractivity contribution in [1.82, 2.24) is 10.2 Å². The molecule has 25 heavy (non-hydrogen) atoms. The maximum Gasteiger partial charge on any atom is 0.194 e. The minimum atomic E-state index is 0. The molecule has 5 nitrogen and oxygen atoms in total. The van der Waals surface area contributed by atoms with Gasteiger partial charge < -0.3 is 20.1 Å². The minimum absolute atomic E-state index is 0. The summed E-state index contributed by atoms with van der Waals surface area (Å²) in [5, 5.41) is 14.1. The Morgan fingerprint density at radius 1 is 1.48 bits per heavy atom. The Kier molecular flexibility index (Phi) is 9.78. The monoisotopic (exact) mass is 479 g/mol. The number of guanidine groups is 1. The summed E-state index contributed by atoms with van der Waals surface area (Å²) in [6, 6.07) is 5.25. The molecule has 1 aromatic carbocycles. The van der Waals surface area contributed by atoms with E-state index in [2.05, 4.69) is 42.7 Å². The van der Waals surface area contributed by atoms with Gasteiger partial charge in [-0.3, -0.25) is 0 Å². The minimum Gasteiger partial charge on any atom is -0.508 e. The molecule has 1 fully saturated rings. The zero-order valence-electron chi connectivity index (χ0n) is 15.5. The van der Waals surface area contributed by atoms with E-state index < -0.39 is 0 Å². The van der Waals surface area contributed by atoms with Crippen LogP contribution in [0.25, 0.3) is 0 Å². The molecule has 0 bridgehead atoms. The summed E-state index contributed by atoms with van der Waals surface area (Å²) >= 11 is 2.05. The molecule has 1 aromatic rings. The van der Waals surface area contributed by atoms with E-state index in [9.17, 15) is 5.11 Å². The fraction of sp³-hybridized carbons (Fsp3) is 0.611. The largest absolute Gasteiger partial charge is 0.508 e. The van der Waals surface area contributed by atoms with Crippen LogP contribution in [-0.4, -0.2) is 53.7 Å². The van der Waals surface area contributed by atoms with Gasteiger partial charge in [-0.05, 0) is 31.0 Å². The predicted molar refractivity (Wildman–Crippen MR) is 118 cm³/mol. The number of nitrogens with zero attached hydrogens (tertiary/aromatic N) is 2. The Bertz CT molecular complexity index is 569. The molecule has 0 spiro atoms. The topological polar surface area (TPSA) is 57.1 Å². The van der Waals surface area contributed by atoms with Crippen LogP contribution in [-0.2, 0) is 6.54 Å². The van der Waals surface area contributed by atoms with Crippen LogP contribution in [0.15, 0.2) is 23.2 Å². The molecule has 0 radical (unpaired) electrons. The second kappa shape index (κ2) is 11.0. The summed E-state index contributed by atoms with van der Waals surface area (Å²) in [6.07, 6.45) is 0. The first-order valence-corrected chi connectivity index (χ1v) is 9.60. The van der Waals surface area contributed by atoms with Crippen molar-refractivity contribution in [1.29, 1.82) is 0 Å². The number of hydrogen-bond acceptors (Lipinski definition) is 4. The Morgan fingerprint density at radius 3 is 2.88 bits per heavy atom. The van der Waals surface area contributed by atoms with Crippen molar-refractivity contribution >= 4 is 41.7 Å². The highest BCUT2D eigenvalue weighted by Gasteiger charge is 2.24. The molecule has 7 heteroatoms. The lowest BCUT2D eigenvalue weighted by Crippen LogP contribution is -2.49. The summed E-state index contributed by atoms with van der Waals surface area (Å²) in [5.41, 5.74) is 0.775. The van der Waals surface area contributed by atoms with Gasteiger partial charge in [-0.15, -0.1) is 24.0 Å². The van der Waals surface area contributed by atoms with E-state index in [4.69, 9.17) is 9.73 Å². The van der Waals surface area contributed by atoms with E-state index in [0.29, 0.717) is 17.7 Å². The normalized spacial score (nSPS) is 18.0. The van der Waals surface area contributed by atoms with Gasteiger partial charge in [0, 0.05) is 36.2 Å². The van der Waals surface area contributed by atoms with Gasteiger partial charge >= 0.3 is 0 Å². The second-order valence-corrected chi connectivity index (χ2v) is 7.61. The molecule has 1 heterocycles. The van der Waals surface area contributed by atoms with E-state index in [1.54, 1.807) is 19.2 Å². The van der Waals surface area contributed by atoms with Gasteiger partial charge in [-0.2, -0.15) is 11.8 Å². The quantitative estimate of drug-likeness (QED) is 0.385. The van der Waals surface area contributed by atoms with E-state index in [0.717, 1.165) is 42.7 Å². The number of benzene rings is 1. The highest BCUT2D eigenvalue weighted by Crippen LogP contribution is 2.26. The second-order valence-electron chi connectivity index (χ2n) is 6.26. The predicted octanol–water partition coefficient (Wildman–Crippen LogP) is 3.56. The number of phenols is 1. The number of nitrogens with one attached hydrogen (secondary N) is 1. The molecule has 1 unspecified atom stereocenters. The summed E-state index contributed by atoms with van der Waals surface area (Å²) in [6.45, 7) is 9.92. The highest BCUT2D eigenvalue weighted by atomic mass is 127. The number of aliphatic imine (C=N–C) groups is 1. The lowest BCUT2D eigenvalue weighted by Gasteiger charge is -2.36. The summed E-state index contributed by atoms with van der Waals surface area (Å²) < 4.78 is 5.23. The number of thioether (sulfide) groups is 1. The first-order valence-electron chi connectivity index (χ1n) is 8.55. The maximum atomic E-state index is 10.0. The molecule has 2 N–H and O–H groups in total. The number of phenolic OH excluding ortho intramolecular Hbond substituents is 1. The van der Waals surface area contributed by atoms with E-state index in [-0.39, 0.29) is 29.7 Å². The van der Waals surface area contributed by atoms with Crippen molar-refractivity contribution in [3.63, 3.8) is 0 Å². The summed E-state index contributed by atoms with van der Waals surface area (Å²) in [7, 11) is 1.63. The number of hydrogen-bond donors (Lipinski definition) is 2. The van der Waals surface area contributed by atoms with Gasteiger partial charge in [0.1, 0.15) is 11.5 Å². The van der Waals surface area contributed by atoms with Crippen molar-refractivity contribution in [2.45, 2.75) is 32.6 Å². The lowest BCUT2D eigenvalue weighted by atomic mass is 10.1. The smallest absolute Gasteiger partial charge is 0.194 e. The average Bonchev–Trinajstić information content (AvgIpc) is 2.60. The highest BCUT2D eigenvalue weighted by molar-refractivity contribution is 14.0.